The first kappa shape index (κ1) is 23.9. The highest BCUT2D eigenvalue weighted by atomic mass is 35.5. The summed E-state index contributed by atoms with van der Waals surface area (Å²) >= 11 is 5.97. The molecule has 0 radical (unpaired) electrons. The molecular weight excluding hydrogens is 448 g/mol. The Labute approximate surface area is 193 Å². The molecule has 0 aliphatic carbocycles. The largest absolute Gasteiger partial charge is 0.387 e. The SMILES string of the molecule is C[C@H](Cc1ccc(S(=O)(=O)c2ccc(C(N)=O)cc2)cc1)NC[C@@H](O)c1cccc(Cl)c1. The standard InChI is InChI=1S/C24H25ClN2O4S/c1-16(27-15-23(28)19-3-2-4-20(25)14-19)13-17-5-9-21(10-6-17)32(30,31)22-11-7-18(8-12-22)24(26)29/h2-12,14,16,23,27-28H,13,15H2,1H3,(H2,26,29)/t16-,23-/m1/s1. The van der Waals surface area contributed by atoms with E-state index in [9.17, 15) is 18.3 Å². The van der Waals surface area contributed by atoms with Gasteiger partial charge in [0.1, 0.15) is 0 Å². The van der Waals surface area contributed by atoms with E-state index in [-0.39, 0.29) is 21.4 Å². The van der Waals surface area contributed by atoms with E-state index in [1.807, 2.05) is 13.0 Å². The van der Waals surface area contributed by atoms with E-state index >= 15 is 0 Å². The molecule has 0 unspecified atom stereocenters. The summed E-state index contributed by atoms with van der Waals surface area (Å²) in [6.45, 7) is 2.37. The second-order valence-corrected chi connectivity index (χ2v) is 10.0. The van der Waals surface area contributed by atoms with Crippen LogP contribution in [0.25, 0.3) is 0 Å². The highest BCUT2D eigenvalue weighted by Gasteiger charge is 2.18. The van der Waals surface area contributed by atoms with Gasteiger partial charge in [0.25, 0.3) is 0 Å². The molecule has 0 fully saturated rings. The first-order valence-electron chi connectivity index (χ1n) is 10.1. The van der Waals surface area contributed by atoms with Crippen LogP contribution in [0.1, 0.15) is 34.5 Å². The minimum atomic E-state index is -3.69. The van der Waals surface area contributed by atoms with Gasteiger partial charge in [-0.15, -0.1) is 0 Å². The number of amides is 1. The normalized spacial score (nSPS) is 13.5. The third-order valence-electron chi connectivity index (χ3n) is 5.12. The van der Waals surface area contributed by atoms with Gasteiger partial charge in [0.15, 0.2) is 0 Å². The van der Waals surface area contributed by atoms with Crippen molar-refractivity contribution in [2.45, 2.75) is 35.3 Å². The first-order chi connectivity index (χ1) is 15.2. The maximum Gasteiger partial charge on any atom is 0.248 e. The van der Waals surface area contributed by atoms with E-state index in [0.29, 0.717) is 18.0 Å². The summed E-state index contributed by atoms with van der Waals surface area (Å²) in [5.41, 5.74) is 7.16. The molecule has 3 rings (SSSR count). The lowest BCUT2D eigenvalue weighted by molar-refractivity contribution is 0.1000. The van der Waals surface area contributed by atoms with Crippen molar-refractivity contribution >= 4 is 27.3 Å². The van der Waals surface area contributed by atoms with Gasteiger partial charge in [0.05, 0.1) is 15.9 Å². The molecule has 8 heteroatoms. The van der Waals surface area contributed by atoms with Gasteiger partial charge < -0.3 is 16.2 Å². The van der Waals surface area contributed by atoms with E-state index in [1.165, 1.54) is 24.3 Å². The lowest BCUT2D eigenvalue weighted by Crippen LogP contribution is -2.32. The number of benzene rings is 3. The number of rotatable bonds is 9. The van der Waals surface area contributed by atoms with E-state index in [4.69, 9.17) is 17.3 Å². The van der Waals surface area contributed by atoms with Crippen molar-refractivity contribution in [3.63, 3.8) is 0 Å². The summed E-state index contributed by atoms with van der Waals surface area (Å²) < 4.78 is 25.6. The Balaban J connectivity index is 1.60. The molecule has 0 saturated carbocycles. The van der Waals surface area contributed by atoms with Crippen molar-refractivity contribution in [1.29, 1.82) is 0 Å². The quantitative estimate of drug-likeness (QED) is 0.441. The first-order valence-corrected chi connectivity index (χ1v) is 11.9. The predicted octanol–water partition coefficient (Wildman–Crippen LogP) is 3.53. The number of halogens is 1. The highest BCUT2D eigenvalue weighted by Crippen LogP contribution is 2.22. The van der Waals surface area contributed by atoms with Crippen LogP contribution < -0.4 is 11.1 Å². The van der Waals surface area contributed by atoms with Gasteiger partial charge in [-0.05, 0) is 73.0 Å². The molecule has 0 saturated heterocycles. The number of hydrogen-bond acceptors (Lipinski definition) is 5. The van der Waals surface area contributed by atoms with Gasteiger partial charge >= 0.3 is 0 Å². The number of aliphatic hydroxyl groups excluding tert-OH is 1. The molecule has 0 bridgehead atoms. The van der Waals surface area contributed by atoms with E-state index in [1.54, 1.807) is 42.5 Å². The molecule has 2 atom stereocenters. The molecule has 3 aromatic carbocycles. The Morgan fingerprint density at radius 3 is 2.19 bits per heavy atom. The molecular formula is C24H25ClN2O4S. The van der Waals surface area contributed by atoms with Gasteiger partial charge in [0.2, 0.25) is 15.7 Å². The molecule has 32 heavy (non-hydrogen) atoms. The lowest BCUT2D eigenvalue weighted by atomic mass is 10.1. The molecule has 0 aliphatic heterocycles. The van der Waals surface area contributed by atoms with Gasteiger partial charge in [-0.1, -0.05) is 35.9 Å². The van der Waals surface area contributed by atoms with Crippen molar-refractivity contribution in [1.82, 2.24) is 5.32 Å². The zero-order valence-corrected chi connectivity index (χ0v) is 19.1. The van der Waals surface area contributed by atoms with E-state index < -0.39 is 21.8 Å². The topological polar surface area (TPSA) is 109 Å². The fourth-order valence-corrected chi connectivity index (χ4v) is 4.77. The molecule has 0 aromatic heterocycles. The van der Waals surface area contributed by atoms with Crippen LogP contribution in [0.5, 0.6) is 0 Å². The number of primary amides is 1. The third kappa shape index (κ3) is 5.95. The Hall–Kier alpha value is -2.71. The average Bonchev–Trinajstić information content (AvgIpc) is 2.78. The van der Waals surface area contributed by atoms with Crippen molar-refractivity contribution < 1.29 is 18.3 Å². The Kier molecular flexibility index (Phi) is 7.69. The molecule has 0 aliphatic rings. The van der Waals surface area contributed by atoms with Crippen LogP contribution in [0.3, 0.4) is 0 Å². The molecule has 0 spiro atoms. The molecule has 168 valence electrons. The second-order valence-electron chi connectivity index (χ2n) is 7.62. The van der Waals surface area contributed by atoms with Crippen LogP contribution in [0.4, 0.5) is 0 Å². The van der Waals surface area contributed by atoms with E-state index in [2.05, 4.69) is 5.32 Å². The number of aliphatic hydroxyl groups is 1. The monoisotopic (exact) mass is 472 g/mol. The molecule has 0 heterocycles. The van der Waals surface area contributed by atoms with Gasteiger partial charge in [0, 0.05) is 23.2 Å². The van der Waals surface area contributed by atoms with Crippen LogP contribution in [0, 0.1) is 0 Å². The fourth-order valence-electron chi connectivity index (χ4n) is 3.31. The van der Waals surface area contributed by atoms with Gasteiger partial charge in [-0.3, -0.25) is 4.79 Å². The number of nitrogens with two attached hydrogens (primary N) is 1. The minimum absolute atomic E-state index is 0.0626. The Morgan fingerprint density at radius 1 is 1.03 bits per heavy atom. The Morgan fingerprint density at radius 2 is 1.62 bits per heavy atom. The smallest absolute Gasteiger partial charge is 0.248 e. The minimum Gasteiger partial charge on any atom is -0.387 e. The highest BCUT2D eigenvalue weighted by molar-refractivity contribution is 7.91. The van der Waals surface area contributed by atoms with Crippen molar-refractivity contribution in [3.8, 4) is 0 Å². The summed E-state index contributed by atoms with van der Waals surface area (Å²) in [6.07, 6.45) is -0.0137. The third-order valence-corrected chi connectivity index (χ3v) is 7.14. The summed E-state index contributed by atoms with van der Waals surface area (Å²) in [7, 11) is -3.69. The van der Waals surface area contributed by atoms with Crippen molar-refractivity contribution in [2.24, 2.45) is 5.73 Å². The number of carbonyl (C=O) groups is 1. The second kappa shape index (κ2) is 10.3. The summed E-state index contributed by atoms with van der Waals surface area (Å²) in [6, 6.07) is 19.4. The maximum absolute atomic E-state index is 12.8. The molecule has 6 nitrogen and oxygen atoms in total. The van der Waals surface area contributed by atoms with Crippen molar-refractivity contribution in [3.05, 3.63) is 94.5 Å². The maximum atomic E-state index is 12.8. The molecule has 1 amide bonds. The summed E-state index contributed by atoms with van der Waals surface area (Å²) in [5, 5.41) is 14.2. The fraction of sp³-hybridized carbons (Fsp3) is 0.208. The number of carbonyl (C=O) groups excluding carboxylic acids is 1. The zero-order valence-electron chi connectivity index (χ0n) is 17.5. The zero-order chi connectivity index (χ0) is 23.3. The lowest BCUT2D eigenvalue weighted by Gasteiger charge is -2.18. The number of sulfone groups is 1. The summed E-state index contributed by atoms with van der Waals surface area (Å²) in [4.78, 5) is 11.4. The van der Waals surface area contributed by atoms with Gasteiger partial charge in [-0.2, -0.15) is 0 Å². The number of hydrogen-bond donors (Lipinski definition) is 3. The van der Waals surface area contributed by atoms with Crippen LogP contribution >= 0.6 is 11.6 Å². The van der Waals surface area contributed by atoms with Crippen LogP contribution in [0.15, 0.2) is 82.6 Å². The van der Waals surface area contributed by atoms with Crippen LogP contribution in [-0.4, -0.2) is 32.0 Å². The number of nitrogens with one attached hydrogen (secondary N) is 1. The summed E-state index contributed by atoms with van der Waals surface area (Å²) in [5.74, 6) is -0.610. The Bertz CT molecular complexity index is 1180. The van der Waals surface area contributed by atoms with Gasteiger partial charge in [-0.25, -0.2) is 8.42 Å². The molecule has 4 N–H and O–H groups in total. The average molecular weight is 473 g/mol. The molecule has 3 aromatic rings. The van der Waals surface area contributed by atoms with Crippen LogP contribution in [-0.2, 0) is 16.3 Å². The predicted molar refractivity (Wildman–Crippen MR) is 124 cm³/mol. The van der Waals surface area contributed by atoms with Crippen LogP contribution in [0.2, 0.25) is 5.02 Å². The van der Waals surface area contributed by atoms with Crippen molar-refractivity contribution in [2.75, 3.05) is 6.54 Å². The van der Waals surface area contributed by atoms with E-state index in [0.717, 1.165) is 11.1 Å².